The van der Waals surface area contributed by atoms with Gasteiger partial charge in [-0.2, -0.15) is 0 Å². The molecule has 0 unspecified atom stereocenters. The molecule has 1 heteroatoms. The molecule has 0 amide bonds. The van der Waals surface area contributed by atoms with Crippen molar-refractivity contribution in [1.82, 2.24) is 5.32 Å². The van der Waals surface area contributed by atoms with E-state index in [1.807, 2.05) is 32.9 Å². The molecule has 0 aromatic carbocycles. The van der Waals surface area contributed by atoms with Gasteiger partial charge in [-0.1, -0.05) is 33.1 Å². The highest BCUT2D eigenvalue weighted by atomic mass is 14.8. The van der Waals surface area contributed by atoms with Gasteiger partial charge in [0.25, 0.3) is 0 Å². The minimum atomic E-state index is 0.863. The molecule has 0 rings (SSSR count). The summed E-state index contributed by atoms with van der Waals surface area (Å²) in [5.41, 5.74) is 0.863. The largest absolute Gasteiger partial charge is 0.363 e. The van der Waals surface area contributed by atoms with E-state index in [1.165, 1.54) is 0 Å². The zero-order valence-electron chi connectivity index (χ0n) is 7.15. The van der Waals surface area contributed by atoms with Crippen LogP contribution in [0.1, 0.15) is 20.8 Å². The molecule has 0 heterocycles. The first-order valence-electron chi connectivity index (χ1n) is 3.50. The fourth-order valence-corrected chi connectivity index (χ4v) is 0.380. The third-order valence-electron chi connectivity index (χ3n) is 0.655. The summed E-state index contributed by atoms with van der Waals surface area (Å²) in [5, 5.41) is 2.83. The van der Waals surface area contributed by atoms with Crippen LogP contribution in [0.4, 0.5) is 0 Å². The standard InChI is InChI=1S/C7H11N.C2H6/c1-4-6-7(3)8-5-2;1-2/h4-6,8H,2-3H2,1H3;1-2H3/b6-4-;. The van der Waals surface area contributed by atoms with Gasteiger partial charge in [0.15, 0.2) is 0 Å². The van der Waals surface area contributed by atoms with Crippen LogP contribution in [0.3, 0.4) is 0 Å². The quantitative estimate of drug-likeness (QED) is 0.593. The summed E-state index contributed by atoms with van der Waals surface area (Å²) in [4.78, 5) is 0. The zero-order chi connectivity index (χ0) is 8.41. The van der Waals surface area contributed by atoms with Gasteiger partial charge in [-0.05, 0) is 19.2 Å². The second kappa shape index (κ2) is 10.9. The van der Waals surface area contributed by atoms with Crippen molar-refractivity contribution in [3.8, 4) is 0 Å². The summed E-state index contributed by atoms with van der Waals surface area (Å²) in [6, 6.07) is 0. The summed E-state index contributed by atoms with van der Waals surface area (Å²) < 4.78 is 0. The van der Waals surface area contributed by atoms with Crippen LogP contribution in [0, 0.1) is 0 Å². The highest BCUT2D eigenvalue weighted by Gasteiger charge is 1.74. The molecule has 1 nitrogen and oxygen atoms in total. The normalized spacial score (nSPS) is 7.90. The maximum absolute atomic E-state index is 3.66. The van der Waals surface area contributed by atoms with Gasteiger partial charge in [0, 0.05) is 5.70 Å². The summed E-state index contributed by atoms with van der Waals surface area (Å²) in [6.45, 7) is 13.1. The van der Waals surface area contributed by atoms with E-state index >= 15 is 0 Å². The van der Waals surface area contributed by atoms with E-state index in [4.69, 9.17) is 0 Å². The molecule has 0 aromatic heterocycles. The molecule has 0 saturated heterocycles. The van der Waals surface area contributed by atoms with Crippen LogP contribution in [0.25, 0.3) is 0 Å². The van der Waals surface area contributed by atoms with Gasteiger partial charge in [-0.25, -0.2) is 0 Å². The average Bonchev–Trinajstić information content (AvgIpc) is 1.93. The van der Waals surface area contributed by atoms with E-state index in [2.05, 4.69) is 18.5 Å². The lowest BCUT2D eigenvalue weighted by Crippen LogP contribution is -1.98. The van der Waals surface area contributed by atoms with Gasteiger partial charge < -0.3 is 5.32 Å². The highest BCUT2D eigenvalue weighted by Crippen LogP contribution is 1.83. The number of hydrogen-bond acceptors (Lipinski definition) is 1. The molecule has 10 heavy (non-hydrogen) atoms. The van der Waals surface area contributed by atoms with Gasteiger partial charge in [-0.15, -0.1) is 0 Å². The highest BCUT2D eigenvalue weighted by molar-refractivity contribution is 5.12. The first kappa shape index (κ1) is 11.8. The molecule has 1 N–H and O–H groups in total. The number of hydrogen-bond donors (Lipinski definition) is 1. The molecule has 58 valence electrons. The molecule has 0 atom stereocenters. The van der Waals surface area contributed by atoms with Crippen LogP contribution >= 0.6 is 0 Å². The topological polar surface area (TPSA) is 12.0 Å². The average molecular weight is 139 g/mol. The molecule has 0 saturated carbocycles. The molecular weight excluding hydrogens is 122 g/mol. The SMILES string of the molecule is C=CNC(=C)/C=C\C.CC. The maximum Gasteiger partial charge on any atom is 0.0303 e. The Bertz CT molecular complexity index is 112. The van der Waals surface area contributed by atoms with E-state index in [1.54, 1.807) is 6.20 Å². The van der Waals surface area contributed by atoms with E-state index in [0.717, 1.165) is 5.70 Å². The predicted octanol–water partition coefficient (Wildman–Crippen LogP) is 2.84. The molecule has 0 radical (unpaired) electrons. The van der Waals surface area contributed by atoms with Gasteiger partial charge in [0.2, 0.25) is 0 Å². The lowest BCUT2D eigenvalue weighted by molar-refractivity contribution is 1.13. The first-order valence-corrected chi connectivity index (χ1v) is 3.50. The minimum absolute atomic E-state index is 0.863. The predicted molar refractivity (Wildman–Crippen MR) is 48.6 cm³/mol. The Hall–Kier alpha value is -0.980. The van der Waals surface area contributed by atoms with Crippen LogP contribution in [-0.2, 0) is 0 Å². The Labute approximate surface area is 64.1 Å². The molecule has 0 aliphatic rings. The molecule has 0 fully saturated rings. The van der Waals surface area contributed by atoms with Crippen LogP contribution in [0.5, 0.6) is 0 Å². The molecule has 0 spiro atoms. The van der Waals surface area contributed by atoms with Gasteiger partial charge in [0.05, 0.1) is 0 Å². The third-order valence-corrected chi connectivity index (χ3v) is 0.655. The van der Waals surface area contributed by atoms with Crippen molar-refractivity contribution in [3.63, 3.8) is 0 Å². The fourth-order valence-electron chi connectivity index (χ4n) is 0.380. The third kappa shape index (κ3) is 10.1. The summed E-state index contributed by atoms with van der Waals surface area (Å²) in [6.07, 6.45) is 5.39. The molecular formula is C9H17N. The second-order valence-electron chi connectivity index (χ2n) is 1.37. The molecule has 0 aliphatic heterocycles. The van der Waals surface area contributed by atoms with E-state index < -0.39 is 0 Å². The van der Waals surface area contributed by atoms with Crippen molar-refractivity contribution in [3.05, 3.63) is 37.2 Å². The number of allylic oxidation sites excluding steroid dienone is 2. The lowest BCUT2D eigenvalue weighted by atomic mass is 10.4. The van der Waals surface area contributed by atoms with Crippen molar-refractivity contribution in [2.75, 3.05) is 0 Å². The van der Waals surface area contributed by atoms with Crippen molar-refractivity contribution in [1.29, 1.82) is 0 Å². The lowest BCUT2D eigenvalue weighted by Gasteiger charge is -1.93. The Morgan fingerprint density at radius 3 is 2.20 bits per heavy atom. The second-order valence-corrected chi connectivity index (χ2v) is 1.37. The Balaban J connectivity index is 0. The Kier molecular flexibility index (Phi) is 12.8. The smallest absolute Gasteiger partial charge is 0.0303 e. The first-order chi connectivity index (χ1) is 4.81. The monoisotopic (exact) mass is 139 g/mol. The zero-order valence-corrected chi connectivity index (χ0v) is 7.15. The van der Waals surface area contributed by atoms with Gasteiger partial charge in [0.1, 0.15) is 0 Å². The van der Waals surface area contributed by atoms with E-state index in [0.29, 0.717) is 0 Å². The number of rotatable bonds is 3. The van der Waals surface area contributed by atoms with Crippen LogP contribution in [0.15, 0.2) is 37.2 Å². The summed E-state index contributed by atoms with van der Waals surface area (Å²) >= 11 is 0. The van der Waals surface area contributed by atoms with Gasteiger partial charge >= 0.3 is 0 Å². The molecule has 0 aromatic rings. The molecule has 0 bridgehead atoms. The Morgan fingerprint density at radius 1 is 1.40 bits per heavy atom. The van der Waals surface area contributed by atoms with Crippen molar-refractivity contribution in [2.45, 2.75) is 20.8 Å². The maximum atomic E-state index is 3.66. The summed E-state index contributed by atoms with van der Waals surface area (Å²) in [5.74, 6) is 0. The summed E-state index contributed by atoms with van der Waals surface area (Å²) in [7, 11) is 0. The molecule has 0 aliphatic carbocycles. The van der Waals surface area contributed by atoms with Crippen molar-refractivity contribution >= 4 is 0 Å². The van der Waals surface area contributed by atoms with Crippen LogP contribution in [-0.4, -0.2) is 0 Å². The Morgan fingerprint density at radius 2 is 1.90 bits per heavy atom. The van der Waals surface area contributed by atoms with Crippen molar-refractivity contribution in [2.24, 2.45) is 0 Å². The van der Waals surface area contributed by atoms with Crippen LogP contribution in [0.2, 0.25) is 0 Å². The van der Waals surface area contributed by atoms with E-state index in [-0.39, 0.29) is 0 Å². The van der Waals surface area contributed by atoms with Gasteiger partial charge in [-0.3, -0.25) is 0 Å². The van der Waals surface area contributed by atoms with E-state index in [9.17, 15) is 0 Å². The fraction of sp³-hybridized carbons (Fsp3) is 0.333. The van der Waals surface area contributed by atoms with Crippen LogP contribution < -0.4 is 5.32 Å². The van der Waals surface area contributed by atoms with Crippen molar-refractivity contribution < 1.29 is 0 Å². The number of nitrogens with one attached hydrogen (secondary N) is 1. The minimum Gasteiger partial charge on any atom is -0.363 e.